The molecule has 0 saturated heterocycles. The van der Waals surface area contributed by atoms with E-state index in [9.17, 15) is 0 Å². The third-order valence-corrected chi connectivity index (χ3v) is 4.17. The summed E-state index contributed by atoms with van der Waals surface area (Å²) in [4.78, 5) is 8.77. The number of anilines is 1. The van der Waals surface area contributed by atoms with Crippen molar-refractivity contribution in [3.63, 3.8) is 0 Å². The monoisotopic (exact) mass is 337 g/mol. The Morgan fingerprint density at radius 1 is 1.12 bits per heavy atom. The zero-order chi connectivity index (χ0) is 17.6. The van der Waals surface area contributed by atoms with Crippen LogP contribution >= 0.6 is 0 Å². The number of nitrogens with zero attached hydrogens (tertiary/aromatic N) is 4. The van der Waals surface area contributed by atoms with Gasteiger partial charge >= 0.3 is 0 Å². The lowest BCUT2D eigenvalue weighted by Gasteiger charge is -2.08. The number of aromatic nitrogens is 4. The summed E-state index contributed by atoms with van der Waals surface area (Å²) in [6.45, 7) is 5.46. The molecule has 0 saturated carbocycles. The van der Waals surface area contributed by atoms with E-state index in [1.165, 1.54) is 5.56 Å². The van der Waals surface area contributed by atoms with Crippen LogP contribution in [-0.4, -0.2) is 33.5 Å². The van der Waals surface area contributed by atoms with Gasteiger partial charge in [0.1, 0.15) is 5.82 Å². The van der Waals surface area contributed by atoms with Crippen LogP contribution in [0.25, 0.3) is 5.82 Å². The minimum absolute atomic E-state index is 0.672. The second-order valence-electron chi connectivity index (χ2n) is 5.89. The predicted molar refractivity (Wildman–Crippen MR) is 98.0 cm³/mol. The van der Waals surface area contributed by atoms with Crippen LogP contribution < -0.4 is 5.32 Å². The summed E-state index contributed by atoms with van der Waals surface area (Å²) in [5.41, 5.74) is 4.44. The topological polar surface area (TPSA) is 64.9 Å². The van der Waals surface area contributed by atoms with E-state index >= 15 is 0 Å². The number of ether oxygens (including phenoxy) is 1. The molecule has 6 heteroatoms. The zero-order valence-electron chi connectivity index (χ0n) is 14.9. The molecule has 130 valence electrons. The molecule has 6 nitrogen and oxygen atoms in total. The summed E-state index contributed by atoms with van der Waals surface area (Å²) in [7, 11) is 1.71. The normalized spacial score (nSPS) is 10.8. The highest BCUT2D eigenvalue weighted by Gasteiger charge is 2.13. The quantitative estimate of drug-likeness (QED) is 0.718. The molecular weight excluding hydrogens is 314 g/mol. The highest BCUT2D eigenvalue weighted by atomic mass is 16.5. The number of hydrogen-bond acceptors (Lipinski definition) is 5. The maximum absolute atomic E-state index is 5.13. The van der Waals surface area contributed by atoms with Crippen molar-refractivity contribution in [2.45, 2.75) is 26.8 Å². The van der Waals surface area contributed by atoms with E-state index in [1.54, 1.807) is 13.3 Å². The molecule has 3 heterocycles. The van der Waals surface area contributed by atoms with Crippen molar-refractivity contribution < 1.29 is 4.74 Å². The fourth-order valence-electron chi connectivity index (χ4n) is 2.76. The number of hydrogen-bond donors (Lipinski definition) is 1. The van der Waals surface area contributed by atoms with Crippen molar-refractivity contribution in [3.05, 3.63) is 65.2 Å². The summed E-state index contributed by atoms with van der Waals surface area (Å²) in [6.07, 6.45) is 4.48. The second-order valence-corrected chi connectivity index (χ2v) is 5.89. The molecule has 0 unspecified atom stereocenters. The fourth-order valence-corrected chi connectivity index (χ4v) is 2.76. The maximum Gasteiger partial charge on any atom is 0.153 e. The first-order chi connectivity index (χ1) is 12.2. The Morgan fingerprint density at radius 2 is 2.00 bits per heavy atom. The van der Waals surface area contributed by atoms with Crippen LogP contribution in [0.15, 0.2) is 42.7 Å². The van der Waals surface area contributed by atoms with Gasteiger partial charge in [0.25, 0.3) is 0 Å². The number of pyridine rings is 2. The molecule has 3 aromatic heterocycles. The van der Waals surface area contributed by atoms with Gasteiger partial charge in [-0.3, -0.25) is 0 Å². The summed E-state index contributed by atoms with van der Waals surface area (Å²) < 4.78 is 7.02. The number of nitrogens with one attached hydrogen (secondary N) is 1. The van der Waals surface area contributed by atoms with Crippen LogP contribution in [0.3, 0.4) is 0 Å². The van der Waals surface area contributed by atoms with E-state index in [0.29, 0.717) is 13.2 Å². The van der Waals surface area contributed by atoms with E-state index < -0.39 is 0 Å². The first-order valence-corrected chi connectivity index (χ1v) is 8.33. The third-order valence-electron chi connectivity index (χ3n) is 4.17. The van der Waals surface area contributed by atoms with Crippen molar-refractivity contribution in [1.29, 1.82) is 0 Å². The molecule has 0 aliphatic rings. The molecule has 0 aromatic carbocycles. The molecule has 0 aliphatic carbocycles. The van der Waals surface area contributed by atoms with Gasteiger partial charge in [0.15, 0.2) is 5.82 Å². The molecule has 0 radical (unpaired) electrons. The van der Waals surface area contributed by atoms with Gasteiger partial charge in [-0.05, 0) is 50.1 Å². The van der Waals surface area contributed by atoms with Crippen LogP contribution in [0.4, 0.5) is 5.82 Å². The number of methoxy groups -OCH3 is 1. The smallest absolute Gasteiger partial charge is 0.153 e. The molecule has 3 aromatic rings. The Labute approximate surface area is 147 Å². The summed E-state index contributed by atoms with van der Waals surface area (Å²) in [6, 6.07) is 9.90. The molecule has 0 amide bonds. The summed E-state index contributed by atoms with van der Waals surface area (Å²) >= 11 is 0. The molecule has 0 bridgehead atoms. The van der Waals surface area contributed by atoms with E-state index in [0.717, 1.165) is 35.0 Å². The minimum Gasteiger partial charge on any atom is -0.384 e. The van der Waals surface area contributed by atoms with Crippen LogP contribution in [0.2, 0.25) is 0 Å². The van der Waals surface area contributed by atoms with Crippen LogP contribution in [0, 0.1) is 13.8 Å². The Hall–Kier alpha value is -2.73. The average molecular weight is 337 g/mol. The van der Waals surface area contributed by atoms with E-state index in [2.05, 4.69) is 33.4 Å². The van der Waals surface area contributed by atoms with E-state index in [-0.39, 0.29) is 0 Å². The fraction of sp³-hybridized carbons (Fsp3) is 0.316. The lowest BCUT2D eigenvalue weighted by Crippen LogP contribution is -2.05. The highest BCUT2D eigenvalue weighted by Crippen LogP contribution is 2.18. The average Bonchev–Trinajstić information content (AvgIpc) is 2.93. The Bertz CT molecular complexity index is 829. The standard InChI is InChI=1S/C19H23N5O/c1-14-17(15(2)24(23-14)19-6-4-5-9-21-19)13-22-18-12-16(7-10-20-18)8-11-25-3/h4-7,9-10,12H,8,11,13H2,1-3H3,(H,20,22). The Kier molecular flexibility index (Phi) is 5.40. The molecular formula is C19H23N5O. The van der Waals surface area contributed by atoms with E-state index in [1.807, 2.05) is 42.1 Å². The second kappa shape index (κ2) is 7.90. The van der Waals surface area contributed by atoms with Gasteiger partial charge in [-0.15, -0.1) is 0 Å². The van der Waals surface area contributed by atoms with Crippen LogP contribution in [-0.2, 0) is 17.7 Å². The largest absolute Gasteiger partial charge is 0.384 e. The third kappa shape index (κ3) is 4.03. The van der Waals surface area contributed by atoms with Gasteiger partial charge in [-0.25, -0.2) is 14.6 Å². The first-order valence-electron chi connectivity index (χ1n) is 8.33. The van der Waals surface area contributed by atoms with Gasteiger partial charge in [0, 0.05) is 37.3 Å². The Balaban J connectivity index is 1.75. The molecule has 3 rings (SSSR count). The van der Waals surface area contributed by atoms with Crippen molar-refractivity contribution >= 4 is 5.82 Å². The highest BCUT2D eigenvalue weighted by molar-refractivity contribution is 5.41. The van der Waals surface area contributed by atoms with Crippen LogP contribution in [0.1, 0.15) is 22.5 Å². The maximum atomic E-state index is 5.13. The van der Waals surface area contributed by atoms with Gasteiger partial charge in [-0.2, -0.15) is 5.10 Å². The number of aryl methyl sites for hydroxylation is 1. The lowest BCUT2D eigenvalue weighted by molar-refractivity contribution is 0.202. The van der Waals surface area contributed by atoms with Crippen LogP contribution in [0.5, 0.6) is 0 Å². The molecule has 0 atom stereocenters. The van der Waals surface area contributed by atoms with Gasteiger partial charge < -0.3 is 10.1 Å². The van der Waals surface area contributed by atoms with Gasteiger partial charge in [0.2, 0.25) is 0 Å². The Morgan fingerprint density at radius 3 is 2.76 bits per heavy atom. The predicted octanol–water partition coefficient (Wildman–Crippen LogP) is 3.08. The van der Waals surface area contributed by atoms with E-state index in [4.69, 9.17) is 4.74 Å². The zero-order valence-corrected chi connectivity index (χ0v) is 14.9. The molecule has 1 N–H and O–H groups in total. The molecule has 0 fully saturated rings. The van der Waals surface area contributed by atoms with Gasteiger partial charge in [-0.1, -0.05) is 6.07 Å². The van der Waals surface area contributed by atoms with Crippen molar-refractivity contribution in [2.24, 2.45) is 0 Å². The number of rotatable bonds is 7. The molecule has 25 heavy (non-hydrogen) atoms. The molecule has 0 aliphatic heterocycles. The summed E-state index contributed by atoms with van der Waals surface area (Å²) in [5.74, 6) is 1.69. The van der Waals surface area contributed by atoms with Gasteiger partial charge in [0.05, 0.1) is 12.3 Å². The summed E-state index contributed by atoms with van der Waals surface area (Å²) in [5, 5.41) is 8.03. The van der Waals surface area contributed by atoms with Crippen molar-refractivity contribution in [2.75, 3.05) is 19.0 Å². The van der Waals surface area contributed by atoms with Crippen molar-refractivity contribution in [3.8, 4) is 5.82 Å². The van der Waals surface area contributed by atoms with Crippen molar-refractivity contribution in [1.82, 2.24) is 19.7 Å². The SMILES string of the molecule is COCCc1ccnc(NCc2c(C)nn(-c3ccccn3)c2C)c1. The molecule has 0 spiro atoms. The minimum atomic E-state index is 0.672. The lowest BCUT2D eigenvalue weighted by atomic mass is 10.2. The first kappa shape index (κ1) is 17.1.